The molecule has 1 aliphatic rings. The monoisotopic (exact) mass is 271 g/mol. The van der Waals surface area contributed by atoms with Gasteiger partial charge in [-0.25, -0.2) is 4.79 Å². The van der Waals surface area contributed by atoms with Gasteiger partial charge in [0.1, 0.15) is 5.60 Å². The van der Waals surface area contributed by atoms with Crippen LogP contribution in [0.1, 0.15) is 47.5 Å². The van der Waals surface area contributed by atoms with Crippen LogP contribution in [0.5, 0.6) is 0 Å². The maximum absolute atomic E-state index is 12.1. The molecule has 1 saturated heterocycles. The van der Waals surface area contributed by atoms with Gasteiger partial charge in [-0.1, -0.05) is 13.8 Å². The van der Waals surface area contributed by atoms with Crippen LogP contribution in [0.15, 0.2) is 0 Å². The Morgan fingerprint density at radius 1 is 1.32 bits per heavy atom. The van der Waals surface area contributed by atoms with Crippen molar-refractivity contribution in [1.82, 2.24) is 4.90 Å². The number of carboxylic acids is 1. The predicted molar refractivity (Wildman–Crippen MR) is 71.9 cm³/mol. The number of carbonyl (C=O) groups is 2. The van der Waals surface area contributed by atoms with Crippen molar-refractivity contribution in [2.75, 3.05) is 13.1 Å². The lowest BCUT2D eigenvalue weighted by molar-refractivity contribution is -0.155. The molecule has 5 heteroatoms. The molecule has 0 aromatic heterocycles. The van der Waals surface area contributed by atoms with E-state index in [-0.39, 0.29) is 12.5 Å². The van der Waals surface area contributed by atoms with Crippen molar-refractivity contribution in [1.29, 1.82) is 0 Å². The van der Waals surface area contributed by atoms with Crippen LogP contribution in [0.3, 0.4) is 0 Å². The summed E-state index contributed by atoms with van der Waals surface area (Å²) in [5.41, 5.74) is -1.41. The van der Waals surface area contributed by atoms with Crippen molar-refractivity contribution in [3.05, 3.63) is 0 Å². The van der Waals surface area contributed by atoms with E-state index in [1.54, 1.807) is 0 Å². The van der Waals surface area contributed by atoms with Crippen molar-refractivity contribution in [3.63, 3.8) is 0 Å². The van der Waals surface area contributed by atoms with Gasteiger partial charge in [-0.05, 0) is 39.5 Å². The summed E-state index contributed by atoms with van der Waals surface area (Å²) in [5.74, 6) is -0.842. The van der Waals surface area contributed by atoms with E-state index in [4.69, 9.17) is 4.74 Å². The van der Waals surface area contributed by atoms with Crippen LogP contribution >= 0.6 is 0 Å². The average Bonchev–Trinajstić information content (AvgIpc) is 2.26. The molecule has 0 aromatic carbocycles. The first-order valence-electron chi connectivity index (χ1n) is 6.80. The molecule has 0 saturated carbocycles. The largest absolute Gasteiger partial charge is 0.481 e. The Morgan fingerprint density at radius 2 is 1.89 bits per heavy atom. The second-order valence-corrected chi connectivity index (χ2v) is 6.62. The Hall–Kier alpha value is -1.26. The standard InChI is InChI=1S/C14H25NO4/c1-10(2)14(11(16)17)7-6-8-15(9-14)12(18)19-13(3,4)5/h10H,6-9H2,1-5H3,(H,16,17). The lowest BCUT2D eigenvalue weighted by atomic mass is 9.71. The van der Waals surface area contributed by atoms with Gasteiger partial charge in [0.2, 0.25) is 0 Å². The molecule has 0 radical (unpaired) electrons. The Labute approximate surface area is 114 Å². The van der Waals surface area contributed by atoms with Crippen molar-refractivity contribution in [2.45, 2.75) is 53.1 Å². The van der Waals surface area contributed by atoms with E-state index < -0.39 is 23.1 Å². The molecule has 0 aromatic rings. The number of amides is 1. The van der Waals surface area contributed by atoms with Crippen LogP contribution < -0.4 is 0 Å². The van der Waals surface area contributed by atoms with E-state index in [2.05, 4.69) is 0 Å². The Balaban J connectivity index is 2.84. The second-order valence-electron chi connectivity index (χ2n) is 6.62. The molecule has 110 valence electrons. The topological polar surface area (TPSA) is 66.8 Å². The van der Waals surface area contributed by atoms with Crippen LogP contribution in [0.2, 0.25) is 0 Å². The molecular formula is C14H25NO4. The van der Waals surface area contributed by atoms with Crippen molar-refractivity contribution in [2.24, 2.45) is 11.3 Å². The van der Waals surface area contributed by atoms with Crippen molar-refractivity contribution in [3.8, 4) is 0 Å². The highest BCUT2D eigenvalue weighted by Gasteiger charge is 2.46. The smallest absolute Gasteiger partial charge is 0.410 e. The fourth-order valence-electron chi connectivity index (χ4n) is 2.46. The van der Waals surface area contributed by atoms with Gasteiger partial charge in [-0.15, -0.1) is 0 Å². The summed E-state index contributed by atoms with van der Waals surface area (Å²) in [6.45, 7) is 10.0. The van der Waals surface area contributed by atoms with E-state index in [0.29, 0.717) is 19.4 Å². The molecule has 1 amide bonds. The van der Waals surface area contributed by atoms with Gasteiger partial charge in [0.25, 0.3) is 0 Å². The number of piperidine rings is 1. The summed E-state index contributed by atoms with van der Waals surface area (Å²) in [6.07, 6.45) is 0.890. The van der Waals surface area contributed by atoms with Crippen LogP contribution in [0.4, 0.5) is 4.79 Å². The van der Waals surface area contributed by atoms with E-state index in [9.17, 15) is 14.7 Å². The lowest BCUT2D eigenvalue weighted by Crippen LogP contribution is -2.53. The Morgan fingerprint density at radius 3 is 2.32 bits per heavy atom. The highest BCUT2D eigenvalue weighted by atomic mass is 16.6. The molecule has 1 N–H and O–H groups in total. The van der Waals surface area contributed by atoms with E-state index in [0.717, 1.165) is 0 Å². The zero-order valence-electron chi connectivity index (χ0n) is 12.5. The summed E-state index contributed by atoms with van der Waals surface area (Å²) in [4.78, 5) is 25.2. The molecule has 1 atom stereocenters. The number of ether oxygens (including phenoxy) is 1. The minimum atomic E-state index is -0.852. The Bertz CT molecular complexity index is 359. The van der Waals surface area contributed by atoms with Gasteiger partial charge in [-0.2, -0.15) is 0 Å². The van der Waals surface area contributed by atoms with Crippen molar-refractivity contribution < 1.29 is 19.4 Å². The molecule has 1 aliphatic heterocycles. The second kappa shape index (κ2) is 5.39. The summed E-state index contributed by atoms with van der Waals surface area (Å²) in [5, 5.41) is 9.51. The number of nitrogens with zero attached hydrogens (tertiary/aromatic N) is 1. The number of carbonyl (C=O) groups excluding carboxylic acids is 1. The first-order chi connectivity index (χ1) is 8.58. The molecule has 1 unspecified atom stereocenters. The van der Waals surface area contributed by atoms with Crippen LogP contribution in [-0.4, -0.2) is 40.8 Å². The van der Waals surface area contributed by atoms with Gasteiger partial charge in [0.15, 0.2) is 0 Å². The number of hydrogen-bond acceptors (Lipinski definition) is 3. The van der Waals surface area contributed by atoms with Gasteiger partial charge >= 0.3 is 12.1 Å². The number of aliphatic carboxylic acids is 1. The lowest BCUT2D eigenvalue weighted by Gasteiger charge is -2.42. The first-order valence-corrected chi connectivity index (χ1v) is 6.80. The third-order valence-electron chi connectivity index (χ3n) is 3.71. The highest BCUT2D eigenvalue weighted by molar-refractivity contribution is 5.77. The minimum Gasteiger partial charge on any atom is -0.481 e. The number of likely N-dealkylation sites (tertiary alicyclic amines) is 1. The highest BCUT2D eigenvalue weighted by Crippen LogP contribution is 2.38. The maximum Gasteiger partial charge on any atom is 0.410 e. The van der Waals surface area contributed by atoms with Gasteiger partial charge in [0.05, 0.1) is 5.41 Å². The predicted octanol–water partition coefficient (Wildman–Crippen LogP) is 2.74. The Kier molecular flexibility index (Phi) is 4.48. The van der Waals surface area contributed by atoms with Crippen LogP contribution in [0.25, 0.3) is 0 Å². The molecule has 1 heterocycles. The minimum absolute atomic E-state index is 0.0183. The number of rotatable bonds is 2. The molecule has 5 nitrogen and oxygen atoms in total. The SMILES string of the molecule is CC(C)C1(C(=O)O)CCCN(C(=O)OC(C)(C)C)C1. The molecule has 1 fully saturated rings. The fraction of sp³-hybridized carbons (Fsp3) is 0.857. The fourth-order valence-corrected chi connectivity index (χ4v) is 2.46. The van der Waals surface area contributed by atoms with Crippen LogP contribution in [-0.2, 0) is 9.53 Å². The summed E-state index contributed by atoms with van der Waals surface area (Å²) >= 11 is 0. The van der Waals surface area contributed by atoms with E-state index in [1.165, 1.54) is 4.90 Å². The molecule has 0 aliphatic carbocycles. The summed E-state index contributed by atoms with van der Waals surface area (Å²) in [6, 6.07) is 0. The summed E-state index contributed by atoms with van der Waals surface area (Å²) < 4.78 is 5.32. The zero-order chi connectivity index (χ0) is 14.8. The number of carboxylic acid groups (broad SMARTS) is 1. The van der Waals surface area contributed by atoms with Crippen LogP contribution in [0, 0.1) is 11.3 Å². The third kappa shape index (κ3) is 3.61. The first kappa shape index (κ1) is 15.8. The average molecular weight is 271 g/mol. The quantitative estimate of drug-likeness (QED) is 0.838. The number of hydrogen-bond donors (Lipinski definition) is 1. The summed E-state index contributed by atoms with van der Waals surface area (Å²) in [7, 11) is 0. The molecule has 19 heavy (non-hydrogen) atoms. The third-order valence-corrected chi connectivity index (χ3v) is 3.71. The zero-order valence-corrected chi connectivity index (χ0v) is 12.5. The van der Waals surface area contributed by atoms with Gasteiger partial charge in [-0.3, -0.25) is 4.79 Å². The van der Waals surface area contributed by atoms with E-state index >= 15 is 0 Å². The van der Waals surface area contributed by atoms with Gasteiger partial charge in [0, 0.05) is 13.1 Å². The normalized spacial score (nSPS) is 24.4. The molecule has 0 spiro atoms. The van der Waals surface area contributed by atoms with Gasteiger partial charge < -0.3 is 14.7 Å². The maximum atomic E-state index is 12.1. The molecular weight excluding hydrogens is 246 g/mol. The van der Waals surface area contributed by atoms with Crippen molar-refractivity contribution >= 4 is 12.1 Å². The van der Waals surface area contributed by atoms with E-state index in [1.807, 2.05) is 34.6 Å². The molecule has 0 bridgehead atoms. The molecule has 1 rings (SSSR count).